The zero-order chi connectivity index (χ0) is 17.3. The lowest BCUT2D eigenvalue weighted by molar-refractivity contribution is -0.125. The molecular formula is C18H16ClFN2O2. The molecule has 0 saturated heterocycles. The highest BCUT2D eigenvalue weighted by atomic mass is 35.5. The van der Waals surface area contributed by atoms with Crippen LogP contribution in [0.15, 0.2) is 41.6 Å². The Balaban J connectivity index is 1.73. The fourth-order valence-electron chi connectivity index (χ4n) is 2.54. The van der Waals surface area contributed by atoms with E-state index in [1.165, 1.54) is 12.1 Å². The molecule has 124 valence electrons. The van der Waals surface area contributed by atoms with E-state index in [-0.39, 0.29) is 22.9 Å². The van der Waals surface area contributed by atoms with Crippen LogP contribution in [0.3, 0.4) is 0 Å². The van der Waals surface area contributed by atoms with Gasteiger partial charge in [-0.25, -0.2) is 4.39 Å². The summed E-state index contributed by atoms with van der Waals surface area (Å²) in [7, 11) is 0. The number of hydrogen-bond acceptors (Lipinski definition) is 3. The first-order chi connectivity index (χ1) is 11.5. The van der Waals surface area contributed by atoms with E-state index in [9.17, 15) is 9.18 Å². The molecular weight excluding hydrogens is 331 g/mol. The number of rotatable bonds is 3. The summed E-state index contributed by atoms with van der Waals surface area (Å²) in [5, 5.41) is 6.92. The van der Waals surface area contributed by atoms with Gasteiger partial charge >= 0.3 is 0 Å². The monoisotopic (exact) mass is 346 g/mol. The molecule has 2 aromatic carbocycles. The minimum absolute atomic E-state index is 0.164. The van der Waals surface area contributed by atoms with E-state index < -0.39 is 11.9 Å². The molecule has 2 aromatic rings. The third-order valence-corrected chi connectivity index (χ3v) is 4.39. The van der Waals surface area contributed by atoms with Gasteiger partial charge in [-0.3, -0.25) is 4.79 Å². The number of carbonyl (C=O) groups is 1. The van der Waals surface area contributed by atoms with Crippen molar-refractivity contribution < 1.29 is 14.0 Å². The van der Waals surface area contributed by atoms with Crippen LogP contribution in [0.5, 0.6) is 0 Å². The Kier molecular flexibility index (Phi) is 4.53. The van der Waals surface area contributed by atoms with Crippen LogP contribution in [0.25, 0.3) is 0 Å². The van der Waals surface area contributed by atoms with Crippen molar-refractivity contribution in [1.82, 2.24) is 0 Å². The van der Waals surface area contributed by atoms with Gasteiger partial charge < -0.3 is 10.2 Å². The van der Waals surface area contributed by atoms with Crippen molar-refractivity contribution in [2.45, 2.75) is 26.4 Å². The van der Waals surface area contributed by atoms with Crippen LogP contribution in [0.1, 0.15) is 23.1 Å². The number of aryl methyl sites for hydroxylation is 1. The van der Waals surface area contributed by atoms with E-state index >= 15 is 0 Å². The second-order valence-corrected chi connectivity index (χ2v) is 6.08. The number of carbonyl (C=O) groups excluding carboxylic acids is 1. The predicted octanol–water partition coefficient (Wildman–Crippen LogP) is 4.23. The summed E-state index contributed by atoms with van der Waals surface area (Å²) in [6, 6.07) is 10.1. The summed E-state index contributed by atoms with van der Waals surface area (Å²) in [5.41, 5.74) is 3.30. The fraction of sp³-hybridized carbons (Fsp3) is 0.222. The molecule has 0 bridgehead atoms. The van der Waals surface area contributed by atoms with Crippen LogP contribution in [-0.4, -0.2) is 17.7 Å². The maximum Gasteiger partial charge on any atom is 0.268 e. The van der Waals surface area contributed by atoms with Crippen LogP contribution in [0.2, 0.25) is 5.02 Å². The van der Waals surface area contributed by atoms with Gasteiger partial charge in [0.05, 0.1) is 16.3 Å². The van der Waals surface area contributed by atoms with Crippen molar-refractivity contribution in [2.75, 3.05) is 5.32 Å². The number of halogens is 2. The molecule has 0 aliphatic carbocycles. The Bertz CT molecular complexity index is 816. The van der Waals surface area contributed by atoms with E-state index in [0.717, 1.165) is 16.8 Å². The average Bonchev–Trinajstić information content (AvgIpc) is 3.01. The van der Waals surface area contributed by atoms with Gasteiger partial charge in [0.15, 0.2) is 0 Å². The average molecular weight is 347 g/mol. The Labute approximate surface area is 144 Å². The van der Waals surface area contributed by atoms with Gasteiger partial charge in [-0.15, -0.1) is 0 Å². The number of hydrogen-bond donors (Lipinski definition) is 1. The van der Waals surface area contributed by atoms with Gasteiger partial charge in [0.2, 0.25) is 6.10 Å². The second kappa shape index (κ2) is 6.61. The van der Waals surface area contributed by atoms with Crippen molar-refractivity contribution in [3.63, 3.8) is 0 Å². The number of nitrogens with one attached hydrogen (secondary N) is 1. The molecule has 1 atom stereocenters. The quantitative estimate of drug-likeness (QED) is 0.904. The highest BCUT2D eigenvalue weighted by molar-refractivity contribution is 6.34. The number of benzene rings is 2. The molecule has 4 nitrogen and oxygen atoms in total. The lowest BCUT2D eigenvalue weighted by Gasteiger charge is -2.13. The van der Waals surface area contributed by atoms with Crippen molar-refractivity contribution >= 4 is 28.9 Å². The molecule has 0 saturated carbocycles. The molecule has 1 N–H and O–H groups in total. The molecule has 1 amide bonds. The van der Waals surface area contributed by atoms with E-state index in [4.69, 9.17) is 16.4 Å². The smallest absolute Gasteiger partial charge is 0.268 e. The Morgan fingerprint density at radius 1 is 1.29 bits per heavy atom. The number of amides is 1. The molecule has 6 heteroatoms. The predicted molar refractivity (Wildman–Crippen MR) is 92.0 cm³/mol. The zero-order valence-electron chi connectivity index (χ0n) is 13.3. The molecule has 1 aliphatic rings. The topological polar surface area (TPSA) is 50.7 Å². The third-order valence-electron chi connectivity index (χ3n) is 4.08. The van der Waals surface area contributed by atoms with Crippen LogP contribution in [0, 0.1) is 19.7 Å². The largest absolute Gasteiger partial charge is 0.382 e. The van der Waals surface area contributed by atoms with Gasteiger partial charge in [0.1, 0.15) is 5.82 Å². The molecule has 1 unspecified atom stereocenters. The highest BCUT2D eigenvalue weighted by Crippen LogP contribution is 2.26. The number of anilines is 1. The summed E-state index contributed by atoms with van der Waals surface area (Å²) >= 11 is 6.03. The van der Waals surface area contributed by atoms with Crippen LogP contribution >= 0.6 is 11.6 Å². The molecule has 0 radical (unpaired) electrons. The van der Waals surface area contributed by atoms with Gasteiger partial charge in [-0.1, -0.05) is 35.0 Å². The minimum atomic E-state index is -0.810. The number of oxime groups is 1. The molecule has 0 aromatic heterocycles. The van der Waals surface area contributed by atoms with Crippen LogP contribution in [-0.2, 0) is 9.63 Å². The second-order valence-electron chi connectivity index (χ2n) is 5.67. The standard InChI is InChI=1S/C18H16ClFN2O2/c1-10-5-3-8-14(11(10)2)21-18(23)16-9-15(22-24-16)17-12(19)6-4-7-13(17)20/h3-8,16H,9H2,1-2H3,(H,21,23). The third kappa shape index (κ3) is 3.12. The molecule has 1 heterocycles. The van der Waals surface area contributed by atoms with Crippen LogP contribution in [0.4, 0.5) is 10.1 Å². The van der Waals surface area contributed by atoms with E-state index in [2.05, 4.69) is 10.5 Å². The zero-order valence-corrected chi connectivity index (χ0v) is 14.0. The summed E-state index contributed by atoms with van der Waals surface area (Å²) in [4.78, 5) is 17.6. The normalized spacial score (nSPS) is 16.5. The Morgan fingerprint density at radius 2 is 2.04 bits per heavy atom. The van der Waals surface area contributed by atoms with Crippen molar-refractivity contribution in [1.29, 1.82) is 0 Å². The van der Waals surface area contributed by atoms with E-state index in [1.807, 2.05) is 32.0 Å². The van der Waals surface area contributed by atoms with Crippen LogP contribution < -0.4 is 5.32 Å². The molecule has 3 rings (SSSR count). The summed E-state index contributed by atoms with van der Waals surface area (Å²) in [5.74, 6) is -0.810. The first-order valence-corrected chi connectivity index (χ1v) is 7.89. The molecule has 0 spiro atoms. The van der Waals surface area contributed by atoms with E-state index in [1.54, 1.807) is 6.07 Å². The van der Waals surface area contributed by atoms with Gasteiger partial charge in [-0.05, 0) is 43.2 Å². The maximum atomic E-state index is 14.0. The summed E-state index contributed by atoms with van der Waals surface area (Å²) < 4.78 is 14.0. The summed E-state index contributed by atoms with van der Waals surface area (Å²) in [6.45, 7) is 3.90. The maximum absolute atomic E-state index is 14.0. The Hall–Kier alpha value is -2.40. The van der Waals surface area contributed by atoms with Crippen molar-refractivity contribution in [3.8, 4) is 0 Å². The lowest BCUT2D eigenvalue weighted by Crippen LogP contribution is -2.28. The number of nitrogens with zero attached hydrogens (tertiary/aromatic N) is 1. The van der Waals surface area contributed by atoms with Gasteiger partial charge in [0, 0.05) is 12.1 Å². The summed E-state index contributed by atoms with van der Waals surface area (Å²) in [6.07, 6.45) is -0.646. The molecule has 0 fully saturated rings. The minimum Gasteiger partial charge on any atom is -0.382 e. The van der Waals surface area contributed by atoms with Gasteiger partial charge in [0.25, 0.3) is 5.91 Å². The van der Waals surface area contributed by atoms with Crippen molar-refractivity contribution in [2.24, 2.45) is 5.16 Å². The Morgan fingerprint density at radius 3 is 2.79 bits per heavy atom. The van der Waals surface area contributed by atoms with Crippen molar-refractivity contribution in [3.05, 3.63) is 63.9 Å². The molecule has 24 heavy (non-hydrogen) atoms. The first kappa shape index (κ1) is 16.5. The first-order valence-electron chi connectivity index (χ1n) is 7.51. The SMILES string of the molecule is Cc1cccc(NC(=O)C2CC(c3c(F)cccc3Cl)=NO2)c1C. The molecule has 1 aliphatic heterocycles. The fourth-order valence-corrected chi connectivity index (χ4v) is 2.81. The van der Waals surface area contributed by atoms with E-state index in [0.29, 0.717) is 5.71 Å². The lowest BCUT2D eigenvalue weighted by atomic mass is 10.0. The van der Waals surface area contributed by atoms with Gasteiger partial charge in [-0.2, -0.15) is 0 Å². The highest BCUT2D eigenvalue weighted by Gasteiger charge is 2.31.